The maximum absolute atomic E-state index is 13.2. The van der Waals surface area contributed by atoms with Crippen LogP contribution in [0.3, 0.4) is 0 Å². The lowest BCUT2D eigenvalue weighted by molar-refractivity contribution is -0.120. The number of aromatic nitrogens is 1. The molecule has 2 heterocycles. The molecule has 0 saturated carbocycles. The molecule has 6 nitrogen and oxygen atoms in total. The van der Waals surface area contributed by atoms with Crippen LogP contribution in [0.1, 0.15) is 25.3 Å². The third-order valence-electron chi connectivity index (χ3n) is 5.60. The Hall–Kier alpha value is -2.62. The lowest BCUT2D eigenvalue weighted by Gasteiger charge is -2.31. The number of carbonyl (C=O) groups excluding carboxylic acids is 1. The summed E-state index contributed by atoms with van der Waals surface area (Å²) in [5.41, 5.74) is 3.01. The van der Waals surface area contributed by atoms with E-state index in [1.54, 1.807) is 0 Å². The van der Waals surface area contributed by atoms with E-state index in [0.717, 1.165) is 29.8 Å². The Bertz CT molecular complexity index is 1190. The van der Waals surface area contributed by atoms with Crippen molar-refractivity contribution in [2.45, 2.75) is 31.1 Å². The normalized spacial score (nSPS) is 17.2. The Kier molecular flexibility index (Phi) is 6.68. The van der Waals surface area contributed by atoms with Gasteiger partial charge in [-0.1, -0.05) is 31.2 Å². The van der Waals surface area contributed by atoms with Crippen molar-refractivity contribution in [1.29, 1.82) is 0 Å². The average molecular weight is 474 g/mol. The fraction of sp³-hybridized carbons (Fsp3) is 0.304. The molecule has 9 heteroatoms. The van der Waals surface area contributed by atoms with E-state index >= 15 is 0 Å². The first-order valence-electron chi connectivity index (χ1n) is 10.5. The van der Waals surface area contributed by atoms with Crippen molar-refractivity contribution in [2.24, 2.45) is 5.92 Å². The number of amides is 1. The molecule has 0 spiro atoms. The predicted molar refractivity (Wildman–Crippen MR) is 123 cm³/mol. The van der Waals surface area contributed by atoms with Gasteiger partial charge in [0.15, 0.2) is 5.13 Å². The molecule has 1 N–H and O–H groups in total. The number of piperidine rings is 1. The summed E-state index contributed by atoms with van der Waals surface area (Å²) >= 11 is 1.34. The number of sulfonamides is 1. The number of hydrogen-bond acceptors (Lipinski definition) is 5. The van der Waals surface area contributed by atoms with E-state index in [9.17, 15) is 17.6 Å². The van der Waals surface area contributed by atoms with Gasteiger partial charge in [0, 0.05) is 24.0 Å². The van der Waals surface area contributed by atoms with E-state index in [2.05, 4.69) is 29.4 Å². The Morgan fingerprint density at radius 3 is 2.59 bits per heavy atom. The number of carbonyl (C=O) groups is 1. The van der Waals surface area contributed by atoms with Crippen LogP contribution < -0.4 is 5.32 Å². The molecular weight excluding hydrogens is 449 g/mol. The number of benzene rings is 2. The van der Waals surface area contributed by atoms with Crippen LogP contribution in [0, 0.1) is 11.7 Å². The second-order valence-electron chi connectivity index (χ2n) is 7.73. The van der Waals surface area contributed by atoms with Gasteiger partial charge in [-0.3, -0.25) is 4.79 Å². The SMILES string of the molecule is CCc1ccc(-c2csc(NC(=O)C3CCCN(S(=O)(=O)c4ccc(F)cc4)C3)n2)cc1. The van der Waals surface area contributed by atoms with Crippen LogP contribution in [0.4, 0.5) is 9.52 Å². The maximum Gasteiger partial charge on any atom is 0.243 e. The molecule has 1 aliphatic heterocycles. The molecule has 4 rings (SSSR count). The third-order valence-corrected chi connectivity index (χ3v) is 8.24. The summed E-state index contributed by atoms with van der Waals surface area (Å²) in [5.74, 6) is -1.22. The largest absolute Gasteiger partial charge is 0.302 e. The molecule has 1 aromatic heterocycles. The first-order valence-corrected chi connectivity index (χ1v) is 12.8. The Labute approximate surface area is 191 Å². The van der Waals surface area contributed by atoms with Crippen molar-refractivity contribution in [2.75, 3.05) is 18.4 Å². The second kappa shape index (κ2) is 9.48. The van der Waals surface area contributed by atoms with Crippen LogP contribution in [-0.2, 0) is 21.2 Å². The smallest absolute Gasteiger partial charge is 0.243 e. The van der Waals surface area contributed by atoms with Crippen LogP contribution in [0.15, 0.2) is 58.8 Å². The summed E-state index contributed by atoms with van der Waals surface area (Å²) < 4.78 is 40.3. The van der Waals surface area contributed by atoms with Crippen LogP contribution in [-0.4, -0.2) is 36.7 Å². The highest BCUT2D eigenvalue weighted by atomic mass is 32.2. The molecular formula is C23H24FN3O3S2. The minimum Gasteiger partial charge on any atom is -0.302 e. The van der Waals surface area contributed by atoms with Gasteiger partial charge >= 0.3 is 0 Å². The van der Waals surface area contributed by atoms with Crippen LogP contribution in [0.2, 0.25) is 0 Å². The first kappa shape index (κ1) is 22.6. The van der Waals surface area contributed by atoms with Crippen LogP contribution in [0.5, 0.6) is 0 Å². The molecule has 3 aromatic rings. The summed E-state index contributed by atoms with van der Waals surface area (Å²) in [6.45, 7) is 2.52. The summed E-state index contributed by atoms with van der Waals surface area (Å²) in [4.78, 5) is 17.4. The fourth-order valence-corrected chi connectivity index (χ4v) is 5.96. The van der Waals surface area contributed by atoms with Gasteiger partial charge in [-0.2, -0.15) is 4.31 Å². The van der Waals surface area contributed by atoms with Crippen molar-refractivity contribution in [3.63, 3.8) is 0 Å². The first-order chi connectivity index (χ1) is 15.4. The quantitative estimate of drug-likeness (QED) is 0.570. The van der Waals surface area contributed by atoms with Gasteiger partial charge in [0.2, 0.25) is 15.9 Å². The molecule has 1 saturated heterocycles. The zero-order valence-electron chi connectivity index (χ0n) is 17.6. The summed E-state index contributed by atoms with van der Waals surface area (Å²) in [7, 11) is -3.78. The predicted octanol–water partition coefficient (Wildman–Crippen LogP) is 4.55. The van der Waals surface area contributed by atoms with E-state index in [1.165, 1.54) is 33.3 Å². The van der Waals surface area contributed by atoms with Crippen molar-refractivity contribution in [1.82, 2.24) is 9.29 Å². The van der Waals surface area contributed by atoms with Gasteiger partial charge < -0.3 is 5.32 Å². The molecule has 0 bridgehead atoms. The standard InChI is InChI=1S/C23H24FN3O3S2/c1-2-16-5-7-17(8-6-16)21-15-31-23(25-21)26-22(28)18-4-3-13-27(14-18)32(29,30)20-11-9-19(24)10-12-20/h5-12,15,18H,2-4,13-14H2,1H3,(H,25,26,28). The summed E-state index contributed by atoms with van der Waals surface area (Å²) in [6, 6.07) is 12.9. The van der Waals surface area contributed by atoms with E-state index in [-0.39, 0.29) is 17.3 Å². The fourth-order valence-electron chi connectivity index (χ4n) is 3.71. The van der Waals surface area contributed by atoms with Gasteiger partial charge in [0.05, 0.1) is 16.5 Å². The van der Waals surface area contributed by atoms with Gasteiger partial charge in [-0.05, 0) is 49.1 Å². The number of thiazole rings is 1. The molecule has 0 radical (unpaired) electrons. The lowest BCUT2D eigenvalue weighted by Crippen LogP contribution is -2.43. The van der Waals surface area contributed by atoms with E-state index in [0.29, 0.717) is 24.5 Å². The molecule has 32 heavy (non-hydrogen) atoms. The molecule has 1 unspecified atom stereocenters. The van der Waals surface area contributed by atoms with Crippen molar-refractivity contribution >= 4 is 32.4 Å². The molecule has 1 atom stereocenters. The summed E-state index contributed by atoms with van der Waals surface area (Å²) in [5, 5.41) is 5.22. The number of hydrogen-bond donors (Lipinski definition) is 1. The van der Waals surface area contributed by atoms with Crippen molar-refractivity contribution < 1.29 is 17.6 Å². The maximum atomic E-state index is 13.2. The van der Waals surface area contributed by atoms with Crippen molar-refractivity contribution in [3.05, 3.63) is 65.3 Å². The minimum atomic E-state index is -3.78. The van der Waals surface area contributed by atoms with Crippen molar-refractivity contribution in [3.8, 4) is 11.3 Å². The van der Waals surface area contributed by atoms with Gasteiger partial charge in [-0.25, -0.2) is 17.8 Å². The van der Waals surface area contributed by atoms with Crippen LogP contribution in [0.25, 0.3) is 11.3 Å². The van der Waals surface area contributed by atoms with Gasteiger partial charge in [-0.15, -0.1) is 11.3 Å². The molecule has 2 aromatic carbocycles. The Morgan fingerprint density at radius 1 is 1.19 bits per heavy atom. The highest BCUT2D eigenvalue weighted by molar-refractivity contribution is 7.89. The number of halogens is 1. The molecule has 1 fully saturated rings. The number of aryl methyl sites for hydroxylation is 1. The summed E-state index contributed by atoms with van der Waals surface area (Å²) in [6.07, 6.45) is 2.14. The number of nitrogens with zero attached hydrogens (tertiary/aromatic N) is 2. The number of nitrogens with one attached hydrogen (secondary N) is 1. The number of anilines is 1. The van der Waals surface area contributed by atoms with E-state index in [4.69, 9.17) is 0 Å². The molecule has 1 amide bonds. The molecule has 1 aliphatic rings. The molecule has 168 valence electrons. The Balaban J connectivity index is 1.42. The van der Waals surface area contributed by atoms with Crippen LogP contribution >= 0.6 is 11.3 Å². The average Bonchev–Trinajstić information content (AvgIpc) is 3.28. The molecule has 0 aliphatic carbocycles. The van der Waals surface area contributed by atoms with E-state index < -0.39 is 21.8 Å². The highest BCUT2D eigenvalue weighted by Crippen LogP contribution is 2.28. The topological polar surface area (TPSA) is 79.4 Å². The minimum absolute atomic E-state index is 0.0265. The van der Waals surface area contributed by atoms with E-state index in [1.807, 2.05) is 17.5 Å². The lowest BCUT2D eigenvalue weighted by atomic mass is 9.99. The monoisotopic (exact) mass is 473 g/mol. The number of rotatable bonds is 6. The zero-order valence-corrected chi connectivity index (χ0v) is 19.3. The Morgan fingerprint density at radius 2 is 1.91 bits per heavy atom. The third kappa shape index (κ3) is 4.90. The zero-order chi connectivity index (χ0) is 22.7. The van der Waals surface area contributed by atoms with Gasteiger partial charge in [0.1, 0.15) is 5.82 Å². The van der Waals surface area contributed by atoms with Gasteiger partial charge in [0.25, 0.3) is 0 Å². The second-order valence-corrected chi connectivity index (χ2v) is 10.5. The highest BCUT2D eigenvalue weighted by Gasteiger charge is 2.33.